The second-order valence-electron chi connectivity index (χ2n) is 4.92. The third kappa shape index (κ3) is 3.84. The van der Waals surface area contributed by atoms with E-state index in [0.29, 0.717) is 19.1 Å². The summed E-state index contributed by atoms with van der Waals surface area (Å²) < 4.78 is 1.98. The number of hydrogen-bond donors (Lipinski definition) is 2. The Morgan fingerprint density at radius 1 is 1.50 bits per heavy atom. The van der Waals surface area contributed by atoms with Gasteiger partial charge in [0.1, 0.15) is 5.82 Å². The molecule has 100 valence electrons. The van der Waals surface area contributed by atoms with Gasteiger partial charge in [0.25, 0.3) is 0 Å². The maximum absolute atomic E-state index is 11.6. The SMILES string of the molecule is Cn1ccnc1CCNC(=O)CNC1CCCC1. The van der Waals surface area contributed by atoms with Crippen LogP contribution in [0.2, 0.25) is 0 Å². The highest BCUT2D eigenvalue weighted by Gasteiger charge is 2.14. The molecule has 5 nitrogen and oxygen atoms in total. The predicted molar refractivity (Wildman–Crippen MR) is 70.2 cm³/mol. The molecule has 1 heterocycles. The Kier molecular flexibility index (Phi) is 4.75. The van der Waals surface area contributed by atoms with E-state index in [1.54, 1.807) is 6.20 Å². The first-order valence-corrected chi connectivity index (χ1v) is 6.72. The molecule has 0 saturated heterocycles. The van der Waals surface area contributed by atoms with Crippen molar-refractivity contribution in [1.82, 2.24) is 20.2 Å². The molecule has 1 aromatic heterocycles. The Morgan fingerprint density at radius 2 is 2.28 bits per heavy atom. The Morgan fingerprint density at radius 3 is 2.94 bits per heavy atom. The zero-order valence-corrected chi connectivity index (χ0v) is 11.0. The first kappa shape index (κ1) is 13.1. The number of carbonyl (C=O) groups excluding carboxylic acids is 1. The van der Waals surface area contributed by atoms with Crippen LogP contribution in [0.3, 0.4) is 0 Å². The first-order valence-electron chi connectivity index (χ1n) is 6.72. The molecule has 1 aliphatic rings. The fourth-order valence-corrected chi connectivity index (χ4v) is 2.38. The number of carbonyl (C=O) groups is 1. The van der Waals surface area contributed by atoms with Crippen molar-refractivity contribution in [2.75, 3.05) is 13.1 Å². The van der Waals surface area contributed by atoms with Crippen molar-refractivity contribution in [2.45, 2.75) is 38.1 Å². The lowest BCUT2D eigenvalue weighted by Gasteiger charge is -2.11. The van der Waals surface area contributed by atoms with Gasteiger partial charge in [-0.3, -0.25) is 4.79 Å². The van der Waals surface area contributed by atoms with E-state index < -0.39 is 0 Å². The number of aryl methyl sites for hydroxylation is 1. The van der Waals surface area contributed by atoms with Crippen molar-refractivity contribution >= 4 is 5.91 Å². The van der Waals surface area contributed by atoms with Gasteiger partial charge in [0.2, 0.25) is 5.91 Å². The zero-order chi connectivity index (χ0) is 12.8. The molecule has 0 aliphatic heterocycles. The fourth-order valence-electron chi connectivity index (χ4n) is 2.38. The van der Waals surface area contributed by atoms with E-state index in [1.165, 1.54) is 25.7 Å². The van der Waals surface area contributed by atoms with Gasteiger partial charge in [0.15, 0.2) is 0 Å². The molecule has 1 fully saturated rings. The van der Waals surface area contributed by atoms with E-state index in [-0.39, 0.29) is 5.91 Å². The molecular weight excluding hydrogens is 228 g/mol. The Bertz CT molecular complexity index is 382. The van der Waals surface area contributed by atoms with Crippen LogP contribution in [0.15, 0.2) is 12.4 Å². The van der Waals surface area contributed by atoms with E-state index in [4.69, 9.17) is 0 Å². The summed E-state index contributed by atoms with van der Waals surface area (Å²) in [6, 6.07) is 0.547. The molecule has 1 amide bonds. The van der Waals surface area contributed by atoms with Crippen LogP contribution in [0, 0.1) is 0 Å². The van der Waals surface area contributed by atoms with Crippen molar-refractivity contribution in [3.8, 4) is 0 Å². The lowest BCUT2D eigenvalue weighted by molar-refractivity contribution is -0.120. The summed E-state index contributed by atoms with van der Waals surface area (Å²) in [5.74, 6) is 1.08. The number of amides is 1. The molecule has 0 bridgehead atoms. The normalized spacial score (nSPS) is 16.1. The van der Waals surface area contributed by atoms with Gasteiger partial charge in [0, 0.05) is 38.4 Å². The van der Waals surface area contributed by atoms with E-state index in [9.17, 15) is 4.79 Å². The minimum Gasteiger partial charge on any atom is -0.355 e. The van der Waals surface area contributed by atoms with Crippen LogP contribution in [0.5, 0.6) is 0 Å². The molecule has 5 heteroatoms. The van der Waals surface area contributed by atoms with Crippen molar-refractivity contribution in [1.29, 1.82) is 0 Å². The number of aromatic nitrogens is 2. The average molecular weight is 250 g/mol. The molecular formula is C13H22N4O. The Balaban J connectivity index is 1.58. The first-order chi connectivity index (χ1) is 8.75. The van der Waals surface area contributed by atoms with E-state index in [0.717, 1.165) is 12.2 Å². The van der Waals surface area contributed by atoms with Crippen molar-refractivity contribution in [2.24, 2.45) is 7.05 Å². The van der Waals surface area contributed by atoms with Gasteiger partial charge in [-0.05, 0) is 12.8 Å². The summed E-state index contributed by atoms with van der Waals surface area (Å²) in [6.07, 6.45) is 9.47. The van der Waals surface area contributed by atoms with Crippen LogP contribution in [0.4, 0.5) is 0 Å². The number of rotatable bonds is 6. The van der Waals surface area contributed by atoms with E-state index >= 15 is 0 Å². The molecule has 2 N–H and O–H groups in total. The second-order valence-corrected chi connectivity index (χ2v) is 4.92. The smallest absolute Gasteiger partial charge is 0.233 e. The minimum absolute atomic E-state index is 0.0797. The quantitative estimate of drug-likeness (QED) is 0.778. The summed E-state index contributed by atoms with van der Waals surface area (Å²) in [6.45, 7) is 1.08. The lowest BCUT2D eigenvalue weighted by atomic mass is 10.2. The second kappa shape index (κ2) is 6.54. The van der Waals surface area contributed by atoms with Gasteiger partial charge in [-0.2, -0.15) is 0 Å². The van der Waals surface area contributed by atoms with Crippen molar-refractivity contribution in [3.05, 3.63) is 18.2 Å². The van der Waals surface area contributed by atoms with Crippen LogP contribution in [0.1, 0.15) is 31.5 Å². The summed E-state index contributed by atoms with van der Waals surface area (Å²) in [5.41, 5.74) is 0. The predicted octanol–water partition coefficient (Wildman–Crippen LogP) is 0.611. The third-order valence-corrected chi connectivity index (χ3v) is 3.50. The van der Waals surface area contributed by atoms with Crippen LogP contribution >= 0.6 is 0 Å². The fraction of sp³-hybridized carbons (Fsp3) is 0.692. The molecule has 1 aromatic rings. The van der Waals surface area contributed by atoms with Gasteiger partial charge in [-0.15, -0.1) is 0 Å². The van der Waals surface area contributed by atoms with Crippen LogP contribution in [-0.2, 0) is 18.3 Å². The number of hydrogen-bond acceptors (Lipinski definition) is 3. The standard InChI is InChI=1S/C13H22N4O/c1-17-9-8-14-12(17)6-7-15-13(18)10-16-11-4-2-3-5-11/h8-9,11,16H,2-7,10H2,1H3,(H,15,18). The van der Waals surface area contributed by atoms with E-state index in [1.807, 2.05) is 17.8 Å². The molecule has 0 atom stereocenters. The maximum atomic E-state index is 11.6. The van der Waals surface area contributed by atoms with Crippen LogP contribution < -0.4 is 10.6 Å². The lowest BCUT2D eigenvalue weighted by Crippen LogP contribution is -2.38. The van der Waals surface area contributed by atoms with Gasteiger partial charge >= 0.3 is 0 Å². The van der Waals surface area contributed by atoms with Crippen LogP contribution in [0.25, 0.3) is 0 Å². The number of nitrogens with one attached hydrogen (secondary N) is 2. The van der Waals surface area contributed by atoms with Crippen LogP contribution in [-0.4, -0.2) is 34.6 Å². The third-order valence-electron chi connectivity index (χ3n) is 3.50. The largest absolute Gasteiger partial charge is 0.355 e. The van der Waals surface area contributed by atoms with Crippen molar-refractivity contribution < 1.29 is 4.79 Å². The molecule has 0 radical (unpaired) electrons. The summed E-state index contributed by atoms with van der Waals surface area (Å²) >= 11 is 0. The molecule has 1 aliphatic carbocycles. The molecule has 18 heavy (non-hydrogen) atoms. The molecule has 0 aromatic carbocycles. The van der Waals surface area contributed by atoms with Gasteiger partial charge in [-0.25, -0.2) is 4.98 Å². The Hall–Kier alpha value is -1.36. The van der Waals surface area contributed by atoms with Crippen molar-refractivity contribution in [3.63, 3.8) is 0 Å². The maximum Gasteiger partial charge on any atom is 0.233 e. The summed E-state index contributed by atoms with van der Waals surface area (Å²) in [7, 11) is 1.96. The van der Waals surface area contributed by atoms with Gasteiger partial charge < -0.3 is 15.2 Å². The molecule has 0 unspecified atom stereocenters. The average Bonchev–Trinajstić information content (AvgIpc) is 2.99. The van der Waals surface area contributed by atoms with Gasteiger partial charge in [-0.1, -0.05) is 12.8 Å². The minimum atomic E-state index is 0.0797. The zero-order valence-electron chi connectivity index (χ0n) is 11.0. The highest BCUT2D eigenvalue weighted by Crippen LogP contribution is 2.17. The topological polar surface area (TPSA) is 59.0 Å². The van der Waals surface area contributed by atoms with Gasteiger partial charge in [0.05, 0.1) is 6.54 Å². The number of imidazole rings is 1. The van der Waals surface area contributed by atoms with E-state index in [2.05, 4.69) is 15.6 Å². The molecule has 0 spiro atoms. The summed E-state index contributed by atoms with van der Waals surface area (Å²) in [4.78, 5) is 15.8. The number of nitrogens with zero attached hydrogens (tertiary/aromatic N) is 2. The summed E-state index contributed by atoms with van der Waals surface area (Å²) in [5, 5.41) is 6.22. The monoisotopic (exact) mass is 250 g/mol. The highest BCUT2D eigenvalue weighted by molar-refractivity contribution is 5.77. The highest BCUT2D eigenvalue weighted by atomic mass is 16.1. The Labute approximate surface area is 108 Å². The molecule has 2 rings (SSSR count). The molecule has 1 saturated carbocycles.